The SMILES string of the molecule is CC(C)Cc1cc(-c2[c-]cccc2)ncc1[Si](C)(C)C.[Ir].[c-]1ccc2c(sc3ccc(-c4ccccc4)cc32)c1-c1nccc2c1CCCC2. The number of benzene rings is 4. The van der Waals surface area contributed by atoms with Crippen molar-refractivity contribution in [3.05, 3.63) is 138 Å². The number of aryl methyl sites for hydroxylation is 1. The minimum atomic E-state index is -1.34. The van der Waals surface area contributed by atoms with Crippen LogP contribution >= 0.6 is 11.3 Å². The van der Waals surface area contributed by atoms with Gasteiger partial charge in [-0.15, -0.1) is 59.7 Å². The van der Waals surface area contributed by atoms with Gasteiger partial charge in [0.2, 0.25) is 0 Å². The minimum absolute atomic E-state index is 0. The summed E-state index contributed by atoms with van der Waals surface area (Å²) in [5.41, 5.74) is 11.3. The van der Waals surface area contributed by atoms with Crippen LogP contribution in [0.1, 0.15) is 43.4 Å². The molecule has 0 atom stereocenters. The van der Waals surface area contributed by atoms with Crippen LogP contribution in [0, 0.1) is 18.1 Å². The van der Waals surface area contributed by atoms with E-state index in [0.717, 1.165) is 29.8 Å². The summed E-state index contributed by atoms with van der Waals surface area (Å²) in [4.78, 5) is 9.51. The van der Waals surface area contributed by atoms with Crippen LogP contribution < -0.4 is 5.19 Å². The topological polar surface area (TPSA) is 25.8 Å². The number of thiophene rings is 1. The van der Waals surface area contributed by atoms with Crippen molar-refractivity contribution < 1.29 is 20.1 Å². The Morgan fingerprint density at radius 2 is 1.58 bits per heavy atom. The molecule has 1 aliphatic carbocycles. The van der Waals surface area contributed by atoms with Crippen molar-refractivity contribution in [2.45, 2.75) is 65.6 Å². The molecule has 3 aromatic heterocycles. The normalized spacial score (nSPS) is 12.7. The van der Waals surface area contributed by atoms with Crippen molar-refractivity contribution in [3.8, 4) is 33.6 Å². The summed E-state index contributed by atoms with van der Waals surface area (Å²) in [6.07, 6.45) is 10.1. The fourth-order valence-corrected chi connectivity index (χ4v) is 9.86. The van der Waals surface area contributed by atoms with Crippen LogP contribution in [0.3, 0.4) is 0 Å². The van der Waals surface area contributed by atoms with Gasteiger partial charge in [-0.25, -0.2) is 0 Å². The molecule has 1 aliphatic rings. The maximum absolute atomic E-state index is 4.82. The van der Waals surface area contributed by atoms with Crippen molar-refractivity contribution in [1.82, 2.24) is 9.97 Å². The second-order valence-corrected chi connectivity index (χ2v) is 20.7. The first-order chi connectivity index (χ1) is 23.8. The van der Waals surface area contributed by atoms with Crippen molar-refractivity contribution in [3.63, 3.8) is 0 Å². The summed E-state index contributed by atoms with van der Waals surface area (Å²) >= 11 is 1.87. The maximum Gasteiger partial charge on any atom is 0.0798 e. The number of rotatable bonds is 6. The molecule has 7 aromatic rings. The minimum Gasteiger partial charge on any atom is -0.305 e. The third-order valence-corrected chi connectivity index (χ3v) is 12.7. The monoisotopic (exact) mass is 865 g/mol. The van der Waals surface area contributed by atoms with E-state index in [1.54, 1.807) is 0 Å². The summed E-state index contributed by atoms with van der Waals surface area (Å²) in [6, 6.07) is 41.1. The Balaban J connectivity index is 0.000000182. The van der Waals surface area contributed by atoms with E-state index in [9.17, 15) is 0 Å². The zero-order valence-corrected chi connectivity index (χ0v) is 33.9. The van der Waals surface area contributed by atoms with Crippen molar-refractivity contribution in [1.29, 1.82) is 0 Å². The van der Waals surface area contributed by atoms with Gasteiger partial charge in [0.05, 0.1) is 8.07 Å². The molecule has 0 spiro atoms. The Labute approximate surface area is 316 Å². The van der Waals surface area contributed by atoms with Gasteiger partial charge in [0, 0.05) is 37.2 Å². The van der Waals surface area contributed by atoms with E-state index < -0.39 is 8.07 Å². The number of fused-ring (bicyclic) bond motifs is 4. The summed E-state index contributed by atoms with van der Waals surface area (Å²) in [7, 11) is -1.34. The van der Waals surface area contributed by atoms with Crippen molar-refractivity contribution in [2.24, 2.45) is 5.92 Å². The second kappa shape index (κ2) is 15.7. The summed E-state index contributed by atoms with van der Waals surface area (Å²) < 4.78 is 2.63. The molecule has 0 fully saturated rings. The molecule has 0 amide bonds. The van der Waals surface area contributed by atoms with Gasteiger partial charge in [0.15, 0.2) is 0 Å². The first-order valence-corrected chi connectivity index (χ1v) is 21.9. The number of aromatic nitrogens is 2. The Bertz CT molecular complexity index is 2220. The molecule has 0 aliphatic heterocycles. The first-order valence-electron chi connectivity index (χ1n) is 17.6. The van der Waals surface area contributed by atoms with Gasteiger partial charge in [-0.3, -0.25) is 0 Å². The number of hydrogen-bond donors (Lipinski definition) is 0. The van der Waals surface area contributed by atoms with Crippen LogP contribution in [-0.2, 0) is 39.4 Å². The smallest absolute Gasteiger partial charge is 0.0798 e. The zero-order valence-electron chi connectivity index (χ0n) is 29.6. The molecule has 0 N–H and O–H groups in total. The Morgan fingerprint density at radius 1 is 0.780 bits per heavy atom. The Hall–Kier alpha value is -3.73. The third kappa shape index (κ3) is 7.77. The van der Waals surface area contributed by atoms with Crippen molar-refractivity contribution >= 4 is 44.8 Å². The number of hydrogen-bond acceptors (Lipinski definition) is 3. The van der Waals surface area contributed by atoms with Gasteiger partial charge in [-0.2, -0.15) is 11.3 Å². The van der Waals surface area contributed by atoms with E-state index in [-0.39, 0.29) is 20.1 Å². The van der Waals surface area contributed by atoms with Gasteiger partial charge < -0.3 is 9.97 Å². The molecule has 0 saturated carbocycles. The number of pyridine rings is 2. The molecule has 0 saturated heterocycles. The standard InChI is InChI=1S/C27H20NS.C18H24NSi.Ir/c1-2-7-18(8-3-1)20-13-14-25-24(17-20)22-11-6-12-23(27(22)29-25)26-21-10-5-4-9-19(21)15-16-28-26;1-14(2)11-16-12-17(15-9-7-6-8-10-15)19-13-18(16)20(3,4)5;/h1-3,6-8,11,13-17H,4-5,9-10H2;6-9,12-14H,11H2,1-5H3;/q2*-1;. The summed E-state index contributed by atoms with van der Waals surface area (Å²) in [5.74, 6) is 0.667. The molecular formula is C45H44IrN2SSi-2. The van der Waals surface area contributed by atoms with E-state index >= 15 is 0 Å². The molecule has 4 aromatic carbocycles. The van der Waals surface area contributed by atoms with Gasteiger partial charge in [-0.05, 0) is 94.0 Å². The molecule has 0 unspecified atom stereocenters. The first kappa shape index (κ1) is 36.1. The molecule has 2 nitrogen and oxygen atoms in total. The van der Waals surface area contributed by atoms with Crippen LogP contribution in [0.25, 0.3) is 53.8 Å². The Morgan fingerprint density at radius 3 is 2.34 bits per heavy atom. The second-order valence-electron chi connectivity index (χ2n) is 14.6. The molecule has 50 heavy (non-hydrogen) atoms. The summed E-state index contributed by atoms with van der Waals surface area (Å²) in [6.45, 7) is 11.7. The molecule has 5 heteroatoms. The van der Waals surface area contributed by atoms with Crippen LogP contribution in [0.2, 0.25) is 19.6 Å². The van der Waals surface area contributed by atoms with Crippen LogP contribution in [0.15, 0.2) is 109 Å². The predicted molar refractivity (Wildman–Crippen MR) is 214 cm³/mol. The van der Waals surface area contributed by atoms with E-state index in [0.29, 0.717) is 5.92 Å². The average molecular weight is 865 g/mol. The molecule has 8 rings (SSSR count). The Kier molecular flexibility index (Phi) is 11.3. The van der Waals surface area contributed by atoms with Gasteiger partial charge in [-0.1, -0.05) is 98.0 Å². The van der Waals surface area contributed by atoms with E-state index in [4.69, 9.17) is 4.98 Å². The molecule has 1 radical (unpaired) electrons. The average Bonchev–Trinajstić information content (AvgIpc) is 3.50. The van der Waals surface area contributed by atoms with E-state index in [1.807, 2.05) is 35.7 Å². The van der Waals surface area contributed by atoms with Gasteiger partial charge >= 0.3 is 0 Å². The van der Waals surface area contributed by atoms with Gasteiger partial charge in [0.25, 0.3) is 0 Å². The fraction of sp³-hybridized carbons (Fsp3) is 0.244. The van der Waals surface area contributed by atoms with Gasteiger partial charge in [0.1, 0.15) is 0 Å². The molecule has 3 heterocycles. The van der Waals surface area contributed by atoms with E-state index in [1.165, 1.54) is 78.0 Å². The predicted octanol–water partition coefficient (Wildman–Crippen LogP) is 11.8. The van der Waals surface area contributed by atoms with Crippen LogP contribution in [-0.4, -0.2) is 18.0 Å². The van der Waals surface area contributed by atoms with Crippen LogP contribution in [0.4, 0.5) is 0 Å². The zero-order chi connectivity index (χ0) is 34.0. The van der Waals surface area contributed by atoms with Crippen molar-refractivity contribution in [2.75, 3.05) is 0 Å². The molecular weight excluding hydrogens is 821 g/mol. The summed E-state index contributed by atoms with van der Waals surface area (Å²) in [5, 5.41) is 4.13. The maximum atomic E-state index is 4.82. The quantitative estimate of drug-likeness (QED) is 0.123. The molecule has 255 valence electrons. The molecule has 0 bridgehead atoms. The largest absolute Gasteiger partial charge is 0.305 e. The fourth-order valence-electron chi connectivity index (χ4n) is 7.09. The van der Waals surface area contributed by atoms with E-state index in [2.05, 4.69) is 136 Å². The van der Waals surface area contributed by atoms with Crippen LogP contribution in [0.5, 0.6) is 0 Å². The third-order valence-electron chi connectivity index (χ3n) is 9.46. The number of nitrogens with zero attached hydrogens (tertiary/aromatic N) is 2.